The van der Waals surface area contributed by atoms with Crippen LogP contribution in [0.15, 0.2) is 30.5 Å². The number of hydrogen-bond donors (Lipinski definition) is 1. The van der Waals surface area contributed by atoms with E-state index in [2.05, 4.69) is 49.1 Å². The van der Waals surface area contributed by atoms with E-state index in [1.54, 1.807) is 7.11 Å². The first kappa shape index (κ1) is 15.3. The molecule has 1 aromatic carbocycles. The Bertz CT molecular complexity index is 775. The molecule has 0 saturated carbocycles. The highest BCUT2D eigenvalue weighted by atomic mass is 16.7. The molecule has 2 aliphatic rings. The zero-order valence-corrected chi connectivity index (χ0v) is 14.5. The van der Waals surface area contributed by atoms with Crippen molar-refractivity contribution in [3.8, 4) is 17.2 Å². The highest BCUT2D eigenvalue weighted by Crippen LogP contribution is 2.47. The summed E-state index contributed by atoms with van der Waals surface area (Å²) in [6.07, 6.45) is 4.10. The number of fused-ring (bicyclic) bond motifs is 2. The van der Waals surface area contributed by atoms with Crippen molar-refractivity contribution in [1.29, 1.82) is 0 Å². The molecule has 4 rings (SSSR count). The zero-order chi connectivity index (χ0) is 16.7. The van der Waals surface area contributed by atoms with E-state index in [0.717, 1.165) is 36.6 Å². The predicted molar refractivity (Wildman–Crippen MR) is 88.6 cm³/mol. The van der Waals surface area contributed by atoms with Crippen molar-refractivity contribution in [3.63, 3.8) is 0 Å². The number of pyridine rings is 1. The largest absolute Gasteiger partial charge is 0.492 e. The standard InChI is InChI=1S/C19H23N2O3/c1-20-8-5-4-6-14(20)11-15-17-13(7-9-21(15)2)10-16-18(19(17)22-3)24-12-23-16/h4-6,8,10,15H,7,9,11-12H2,1-3H3/q+1/p+1/t15-/m0/s1. The summed E-state index contributed by atoms with van der Waals surface area (Å²) in [6, 6.07) is 8.84. The third-order valence-corrected chi connectivity index (χ3v) is 5.26. The minimum atomic E-state index is 0.273. The fourth-order valence-electron chi connectivity index (χ4n) is 3.88. The van der Waals surface area contributed by atoms with Crippen molar-refractivity contribution in [2.45, 2.75) is 18.9 Å². The van der Waals surface area contributed by atoms with Gasteiger partial charge in [-0.1, -0.05) is 6.07 Å². The van der Waals surface area contributed by atoms with Crippen LogP contribution >= 0.6 is 0 Å². The van der Waals surface area contributed by atoms with Gasteiger partial charge in [-0.15, -0.1) is 0 Å². The summed E-state index contributed by atoms with van der Waals surface area (Å²) in [5.41, 5.74) is 3.91. The van der Waals surface area contributed by atoms with Gasteiger partial charge in [-0.2, -0.15) is 0 Å². The molecule has 1 N–H and O–H groups in total. The Labute approximate surface area is 142 Å². The number of likely N-dealkylation sites (N-methyl/N-ethyl adjacent to an activating group) is 1. The van der Waals surface area contributed by atoms with Crippen molar-refractivity contribution in [1.82, 2.24) is 0 Å². The predicted octanol–water partition coefficient (Wildman–Crippen LogP) is 0.603. The van der Waals surface area contributed by atoms with Crippen molar-refractivity contribution in [2.24, 2.45) is 7.05 Å². The lowest BCUT2D eigenvalue weighted by molar-refractivity contribution is -0.915. The summed E-state index contributed by atoms with van der Waals surface area (Å²) in [5, 5.41) is 0. The van der Waals surface area contributed by atoms with E-state index in [9.17, 15) is 0 Å². The van der Waals surface area contributed by atoms with Gasteiger partial charge in [0.2, 0.25) is 12.5 Å². The summed E-state index contributed by atoms with van der Waals surface area (Å²) >= 11 is 0. The fourth-order valence-corrected chi connectivity index (χ4v) is 3.88. The molecule has 0 saturated heterocycles. The number of rotatable bonds is 3. The van der Waals surface area contributed by atoms with Crippen LogP contribution in [0.25, 0.3) is 0 Å². The lowest BCUT2D eigenvalue weighted by Gasteiger charge is -2.32. The quantitative estimate of drug-likeness (QED) is 0.839. The van der Waals surface area contributed by atoms with Crippen LogP contribution in [0.2, 0.25) is 0 Å². The molecule has 126 valence electrons. The van der Waals surface area contributed by atoms with Gasteiger partial charge in [-0.25, -0.2) is 4.57 Å². The van der Waals surface area contributed by atoms with Gasteiger partial charge in [0.05, 0.1) is 32.7 Å². The van der Waals surface area contributed by atoms with Gasteiger partial charge >= 0.3 is 0 Å². The minimum absolute atomic E-state index is 0.273. The van der Waals surface area contributed by atoms with Gasteiger partial charge in [-0.3, -0.25) is 0 Å². The van der Waals surface area contributed by atoms with Gasteiger partial charge in [-0.05, 0) is 11.6 Å². The third kappa shape index (κ3) is 2.40. The Balaban J connectivity index is 1.81. The van der Waals surface area contributed by atoms with Crippen LogP contribution in [0.1, 0.15) is 22.9 Å². The smallest absolute Gasteiger partial charge is 0.231 e. The Morgan fingerprint density at radius 2 is 2.21 bits per heavy atom. The summed E-state index contributed by atoms with van der Waals surface area (Å²) < 4.78 is 19.2. The number of quaternary nitrogens is 1. The molecule has 5 heteroatoms. The number of aryl methyl sites for hydroxylation is 1. The number of nitrogens with zero attached hydrogens (tertiary/aromatic N) is 1. The first-order valence-corrected chi connectivity index (χ1v) is 8.44. The molecule has 2 aromatic rings. The summed E-state index contributed by atoms with van der Waals surface area (Å²) in [6.45, 7) is 1.38. The van der Waals surface area contributed by atoms with E-state index < -0.39 is 0 Å². The van der Waals surface area contributed by atoms with Gasteiger partial charge < -0.3 is 19.1 Å². The molecule has 0 amide bonds. The van der Waals surface area contributed by atoms with Crippen molar-refractivity contribution in [2.75, 3.05) is 27.5 Å². The second-order valence-corrected chi connectivity index (χ2v) is 6.62. The molecule has 2 aliphatic heterocycles. The van der Waals surface area contributed by atoms with Crippen LogP contribution in [0.5, 0.6) is 17.2 Å². The van der Waals surface area contributed by atoms with Gasteiger partial charge in [0.15, 0.2) is 23.4 Å². The Kier molecular flexibility index (Phi) is 3.81. The molecule has 1 unspecified atom stereocenters. The Morgan fingerprint density at radius 3 is 3.00 bits per heavy atom. The molecular formula is C19H24N2O3+2. The molecule has 0 aliphatic carbocycles. The van der Waals surface area contributed by atoms with Crippen LogP contribution in [0.3, 0.4) is 0 Å². The van der Waals surface area contributed by atoms with Gasteiger partial charge in [0.1, 0.15) is 13.1 Å². The lowest BCUT2D eigenvalue weighted by Crippen LogP contribution is -3.10. The normalized spacial score (nSPS) is 21.5. The zero-order valence-electron chi connectivity index (χ0n) is 14.5. The molecule has 3 heterocycles. The van der Waals surface area contributed by atoms with Gasteiger partial charge in [0, 0.05) is 18.6 Å². The fraction of sp³-hybridized carbons (Fsp3) is 0.421. The van der Waals surface area contributed by atoms with Crippen LogP contribution in [-0.2, 0) is 19.9 Å². The number of benzene rings is 1. The first-order valence-electron chi connectivity index (χ1n) is 8.44. The van der Waals surface area contributed by atoms with Crippen molar-refractivity contribution < 1.29 is 23.7 Å². The van der Waals surface area contributed by atoms with Crippen LogP contribution in [0, 0.1) is 0 Å². The average molecular weight is 328 g/mol. The number of methoxy groups -OCH3 is 1. The van der Waals surface area contributed by atoms with E-state index >= 15 is 0 Å². The summed E-state index contributed by atoms with van der Waals surface area (Å²) in [4.78, 5) is 1.50. The molecule has 24 heavy (non-hydrogen) atoms. The minimum Gasteiger partial charge on any atom is -0.492 e. The molecule has 0 fully saturated rings. The number of ether oxygens (including phenoxy) is 3. The van der Waals surface area contributed by atoms with E-state index in [0.29, 0.717) is 6.04 Å². The van der Waals surface area contributed by atoms with E-state index in [4.69, 9.17) is 14.2 Å². The van der Waals surface area contributed by atoms with Crippen LogP contribution in [0.4, 0.5) is 0 Å². The molecule has 1 aromatic heterocycles. The van der Waals surface area contributed by atoms with Crippen LogP contribution < -0.4 is 23.7 Å². The van der Waals surface area contributed by atoms with Gasteiger partial charge in [0.25, 0.3) is 0 Å². The lowest BCUT2D eigenvalue weighted by atomic mass is 9.88. The number of aromatic nitrogens is 1. The molecule has 0 spiro atoms. The molecular weight excluding hydrogens is 304 g/mol. The molecule has 0 radical (unpaired) electrons. The summed E-state index contributed by atoms with van der Waals surface area (Å²) in [7, 11) is 6.09. The maximum absolute atomic E-state index is 5.78. The maximum Gasteiger partial charge on any atom is 0.231 e. The topological polar surface area (TPSA) is 36.0 Å². The van der Waals surface area contributed by atoms with Crippen LogP contribution in [-0.4, -0.2) is 27.5 Å². The SMILES string of the molecule is COc1c2c(cc3c1[C@H](Cc1cccc[n+]1C)[NH+](C)CC3)OCO2. The van der Waals surface area contributed by atoms with E-state index in [1.807, 2.05) is 0 Å². The highest BCUT2D eigenvalue weighted by molar-refractivity contribution is 5.61. The second kappa shape index (κ2) is 5.98. The Hall–Kier alpha value is -2.27. The van der Waals surface area contributed by atoms with E-state index in [1.165, 1.54) is 21.7 Å². The molecule has 5 nitrogen and oxygen atoms in total. The Morgan fingerprint density at radius 1 is 1.33 bits per heavy atom. The number of hydrogen-bond acceptors (Lipinski definition) is 3. The summed E-state index contributed by atoms with van der Waals surface area (Å²) in [5.74, 6) is 2.42. The van der Waals surface area contributed by atoms with Crippen molar-refractivity contribution in [3.05, 3.63) is 47.3 Å². The number of nitrogens with one attached hydrogen (secondary N) is 1. The molecule has 0 bridgehead atoms. The average Bonchev–Trinajstić information content (AvgIpc) is 3.05. The second-order valence-electron chi connectivity index (χ2n) is 6.62. The van der Waals surface area contributed by atoms with Crippen molar-refractivity contribution >= 4 is 0 Å². The highest BCUT2D eigenvalue weighted by Gasteiger charge is 2.37. The maximum atomic E-state index is 5.78. The third-order valence-electron chi connectivity index (χ3n) is 5.26. The molecule has 2 atom stereocenters. The monoisotopic (exact) mass is 328 g/mol. The van der Waals surface area contributed by atoms with E-state index in [-0.39, 0.29) is 6.79 Å². The first-order chi connectivity index (χ1) is 11.7.